The van der Waals surface area contributed by atoms with E-state index in [9.17, 15) is 13.6 Å². The number of carbonyl (C=O) groups is 1. The highest BCUT2D eigenvalue weighted by Gasteiger charge is 2.17. The monoisotopic (exact) mass is 309 g/mol. The number of nitrogens with zero attached hydrogens (tertiary/aromatic N) is 2. The van der Waals surface area contributed by atoms with Crippen LogP contribution in [0, 0.1) is 11.6 Å². The summed E-state index contributed by atoms with van der Waals surface area (Å²) >= 11 is 5.48. The number of benzene rings is 1. The van der Waals surface area contributed by atoms with Gasteiger partial charge in [0.2, 0.25) is 0 Å². The van der Waals surface area contributed by atoms with Crippen LogP contribution in [-0.4, -0.2) is 26.0 Å². The fourth-order valence-electron chi connectivity index (χ4n) is 1.92. The molecule has 0 unspecified atom stereocenters. The summed E-state index contributed by atoms with van der Waals surface area (Å²) in [5.41, 5.74) is 0.00856. The van der Waals surface area contributed by atoms with E-state index in [1.807, 2.05) is 0 Å². The molecule has 0 aliphatic heterocycles. The Morgan fingerprint density at radius 2 is 2.05 bits per heavy atom. The number of aromatic amines is 1. The third-order valence-electron chi connectivity index (χ3n) is 2.89. The number of nitrogens with one attached hydrogen (secondary N) is 1. The van der Waals surface area contributed by atoms with Gasteiger partial charge in [-0.15, -0.1) is 0 Å². The van der Waals surface area contributed by atoms with E-state index in [1.165, 1.54) is 12.3 Å². The minimum absolute atomic E-state index is 0.0285. The lowest BCUT2D eigenvalue weighted by molar-refractivity contribution is 0.0698. The van der Waals surface area contributed by atoms with Crippen molar-refractivity contribution in [3.05, 3.63) is 46.6 Å². The Morgan fingerprint density at radius 3 is 2.76 bits per heavy atom. The molecule has 8 heteroatoms. The number of carboxylic acid groups (broad SMARTS) is 1. The molecule has 0 bridgehead atoms. The van der Waals surface area contributed by atoms with E-state index in [2.05, 4.69) is 15.0 Å². The Bertz CT molecular complexity index is 879. The summed E-state index contributed by atoms with van der Waals surface area (Å²) in [4.78, 5) is 21.6. The van der Waals surface area contributed by atoms with Crippen molar-refractivity contribution in [2.45, 2.75) is 0 Å². The average Bonchev–Trinajstić information content (AvgIpc) is 2.85. The number of pyridine rings is 1. The molecule has 2 heterocycles. The van der Waals surface area contributed by atoms with Gasteiger partial charge in [0.1, 0.15) is 17.5 Å². The number of imidazole rings is 1. The topological polar surface area (TPSA) is 78.9 Å². The van der Waals surface area contributed by atoms with Gasteiger partial charge < -0.3 is 10.1 Å². The molecular formula is C13H6ClF2N3O2. The SMILES string of the molecule is O=C(O)c1ccnc2nc(-c3cc(F)c(Cl)cc3F)[nH]c12. The van der Waals surface area contributed by atoms with E-state index >= 15 is 0 Å². The molecule has 106 valence electrons. The standard InChI is InChI=1S/C13H6ClF2N3O2/c14-7-4-8(15)6(3-9(7)16)11-18-10-5(13(20)21)1-2-17-12(10)19-11/h1-4H,(H,20,21)(H,17,18,19). The van der Waals surface area contributed by atoms with Crippen molar-refractivity contribution in [3.8, 4) is 11.4 Å². The van der Waals surface area contributed by atoms with E-state index in [-0.39, 0.29) is 33.1 Å². The Balaban J connectivity index is 2.25. The quantitative estimate of drug-likeness (QED) is 0.712. The van der Waals surface area contributed by atoms with Crippen LogP contribution in [0.1, 0.15) is 10.4 Å². The zero-order valence-corrected chi connectivity index (χ0v) is 10.9. The van der Waals surface area contributed by atoms with Gasteiger partial charge in [-0.2, -0.15) is 0 Å². The van der Waals surface area contributed by atoms with Gasteiger partial charge >= 0.3 is 5.97 Å². The van der Waals surface area contributed by atoms with Gasteiger partial charge in [0.25, 0.3) is 0 Å². The highest BCUT2D eigenvalue weighted by atomic mass is 35.5. The summed E-state index contributed by atoms with van der Waals surface area (Å²) < 4.78 is 27.3. The van der Waals surface area contributed by atoms with Crippen LogP contribution >= 0.6 is 11.6 Å². The fraction of sp³-hybridized carbons (Fsp3) is 0. The van der Waals surface area contributed by atoms with Crippen LogP contribution in [0.3, 0.4) is 0 Å². The molecule has 0 saturated carbocycles. The molecular weight excluding hydrogens is 304 g/mol. The van der Waals surface area contributed by atoms with E-state index < -0.39 is 17.6 Å². The van der Waals surface area contributed by atoms with Crippen molar-refractivity contribution in [1.29, 1.82) is 0 Å². The maximum Gasteiger partial charge on any atom is 0.338 e. The Kier molecular flexibility index (Phi) is 3.06. The number of aromatic nitrogens is 3. The zero-order valence-electron chi connectivity index (χ0n) is 10.2. The molecule has 0 saturated heterocycles. The van der Waals surface area contributed by atoms with Crippen molar-refractivity contribution in [1.82, 2.24) is 15.0 Å². The van der Waals surface area contributed by atoms with E-state index in [0.717, 1.165) is 12.1 Å². The van der Waals surface area contributed by atoms with E-state index in [0.29, 0.717) is 0 Å². The highest BCUT2D eigenvalue weighted by Crippen LogP contribution is 2.27. The first-order valence-electron chi connectivity index (χ1n) is 5.70. The maximum absolute atomic E-state index is 13.9. The third-order valence-corrected chi connectivity index (χ3v) is 3.18. The van der Waals surface area contributed by atoms with Crippen LogP contribution in [0.25, 0.3) is 22.6 Å². The van der Waals surface area contributed by atoms with Crippen molar-refractivity contribution < 1.29 is 18.7 Å². The van der Waals surface area contributed by atoms with Crippen LogP contribution in [0.5, 0.6) is 0 Å². The lowest BCUT2D eigenvalue weighted by Crippen LogP contribution is -1.97. The first-order chi connectivity index (χ1) is 9.97. The first kappa shape index (κ1) is 13.4. The molecule has 21 heavy (non-hydrogen) atoms. The molecule has 5 nitrogen and oxygen atoms in total. The average molecular weight is 310 g/mol. The second-order valence-electron chi connectivity index (χ2n) is 4.19. The third kappa shape index (κ3) is 2.21. The molecule has 0 aliphatic rings. The molecule has 0 aliphatic carbocycles. The number of carboxylic acids is 1. The molecule has 0 amide bonds. The van der Waals surface area contributed by atoms with Crippen LogP contribution in [0.2, 0.25) is 5.02 Å². The van der Waals surface area contributed by atoms with Crippen molar-refractivity contribution in [3.63, 3.8) is 0 Å². The number of fused-ring (bicyclic) bond motifs is 1. The smallest absolute Gasteiger partial charge is 0.338 e. The molecule has 1 aromatic carbocycles. The minimum Gasteiger partial charge on any atom is -0.478 e. The molecule has 0 spiro atoms. The van der Waals surface area contributed by atoms with Crippen molar-refractivity contribution >= 4 is 28.7 Å². The lowest BCUT2D eigenvalue weighted by atomic mass is 10.2. The second kappa shape index (κ2) is 4.78. The summed E-state index contributed by atoms with van der Waals surface area (Å²) in [6, 6.07) is 2.99. The van der Waals surface area contributed by atoms with Gasteiger partial charge in [-0.1, -0.05) is 11.6 Å². The number of hydrogen-bond donors (Lipinski definition) is 2. The van der Waals surface area contributed by atoms with Gasteiger partial charge in [0, 0.05) is 6.20 Å². The Hall–Kier alpha value is -2.54. The fourth-order valence-corrected chi connectivity index (χ4v) is 2.07. The van der Waals surface area contributed by atoms with Crippen LogP contribution in [0.4, 0.5) is 8.78 Å². The summed E-state index contributed by atoms with van der Waals surface area (Å²) in [5.74, 6) is -2.79. The van der Waals surface area contributed by atoms with Gasteiger partial charge in [0.05, 0.1) is 21.7 Å². The first-order valence-corrected chi connectivity index (χ1v) is 6.08. The summed E-state index contributed by atoms with van der Waals surface area (Å²) in [5, 5.41) is 8.72. The molecule has 0 atom stereocenters. The molecule has 0 radical (unpaired) electrons. The lowest BCUT2D eigenvalue weighted by Gasteiger charge is -2.01. The number of H-pyrrole nitrogens is 1. The number of aromatic carboxylic acids is 1. The number of rotatable bonds is 2. The molecule has 2 N–H and O–H groups in total. The summed E-state index contributed by atoms with van der Waals surface area (Å²) in [7, 11) is 0. The molecule has 2 aromatic heterocycles. The van der Waals surface area contributed by atoms with Crippen LogP contribution < -0.4 is 0 Å². The summed E-state index contributed by atoms with van der Waals surface area (Å²) in [6.45, 7) is 0. The zero-order chi connectivity index (χ0) is 15.1. The largest absolute Gasteiger partial charge is 0.478 e. The maximum atomic E-state index is 13.9. The van der Waals surface area contributed by atoms with E-state index in [1.54, 1.807) is 0 Å². The number of hydrogen-bond acceptors (Lipinski definition) is 3. The Morgan fingerprint density at radius 1 is 1.29 bits per heavy atom. The molecule has 3 aromatic rings. The minimum atomic E-state index is -1.18. The van der Waals surface area contributed by atoms with Gasteiger partial charge in [0.15, 0.2) is 5.65 Å². The highest BCUT2D eigenvalue weighted by molar-refractivity contribution is 6.30. The Labute approximate surface area is 121 Å². The van der Waals surface area contributed by atoms with Gasteiger partial charge in [-0.3, -0.25) is 0 Å². The van der Waals surface area contributed by atoms with Gasteiger partial charge in [-0.05, 0) is 18.2 Å². The normalized spacial score (nSPS) is 11.0. The number of halogens is 3. The summed E-state index contributed by atoms with van der Waals surface area (Å²) in [6.07, 6.45) is 1.27. The van der Waals surface area contributed by atoms with Crippen molar-refractivity contribution in [2.24, 2.45) is 0 Å². The second-order valence-corrected chi connectivity index (χ2v) is 4.60. The van der Waals surface area contributed by atoms with Crippen LogP contribution in [0.15, 0.2) is 24.4 Å². The predicted molar refractivity (Wildman–Crippen MR) is 71.2 cm³/mol. The van der Waals surface area contributed by atoms with Crippen molar-refractivity contribution in [2.75, 3.05) is 0 Å². The van der Waals surface area contributed by atoms with Crippen LogP contribution in [-0.2, 0) is 0 Å². The molecule has 3 rings (SSSR count). The van der Waals surface area contributed by atoms with E-state index in [4.69, 9.17) is 16.7 Å². The van der Waals surface area contributed by atoms with Gasteiger partial charge in [-0.25, -0.2) is 23.5 Å². The predicted octanol–water partition coefficient (Wildman–Crippen LogP) is 3.25. The molecule has 0 fully saturated rings.